The van der Waals surface area contributed by atoms with Gasteiger partial charge in [0.25, 0.3) is 0 Å². The Labute approximate surface area is 114 Å². The molecule has 6 nitrogen and oxygen atoms in total. The van der Waals surface area contributed by atoms with Gasteiger partial charge in [0.05, 0.1) is 5.02 Å². The molecule has 100 valence electrons. The van der Waals surface area contributed by atoms with Gasteiger partial charge in [-0.1, -0.05) is 11.6 Å². The molecule has 8 heteroatoms. The van der Waals surface area contributed by atoms with Crippen molar-refractivity contribution in [3.8, 4) is 11.8 Å². The van der Waals surface area contributed by atoms with Gasteiger partial charge in [0.2, 0.25) is 11.9 Å². The number of halogens is 2. The molecule has 1 heterocycles. The summed E-state index contributed by atoms with van der Waals surface area (Å²) in [6, 6.07) is 3.73. The molecule has 0 amide bonds. The van der Waals surface area contributed by atoms with Crippen LogP contribution < -0.4 is 15.4 Å². The van der Waals surface area contributed by atoms with Gasteiger partial charge >= 0.3 is 6.01 Å². The Kier molecular flexibility index (Phi) is 3.66. The minimum absolute atomic E-state index is 0.00953. The molecule has 0 unspecified atom stereocenters. The van der Waals surface area contributed by atoms with Crippen LogP contribution in [0, 0.1) is 5.82 Å². The summed E-state index contributed by atoms with van der Waals surface area (Å²) in [4.78, 5) is 13.4. The predicted molar refractivity (Wildman–Crippen MR) is 70.1 cm³/mol. The van der Waals surface area contributed by atoms with E-state index in [1.807, 2.05) is 0 Å². The van der Waals surface area contributed by atoms with Crippen LogP contribution in [0.2, 0.25) is 5.02 Å². The number of rotatable bonds is 3. The first-order valence-electron chi connectivity index (χ1n) is 5.27. The maximum absolute atomic E-state index is 12.9. The molecular formula is C11H11ClFN5O. The second-order valence-electron chi connectivity index (χ2n) is 3.85. The van der Waals surface area contributed by atoms with Crippen molar-refractivity contribution >= 4 is 23.5 Å². The molecule has 1 aromatic carbocycles. The molecule has 19 heavy (non-hydrogen) atoms. The molecular weight excluding hydrogens is 273 g/mol. The van der Waals surface area contributed by atoms with E-state index in [1.54, 1.807) is 19.0 Å². The highest BCUT2D eigenvalue weighted by Crippen LogP contribution is 2.28. The molecule has 0 radical (unpaired) electrons. The van der Waals surface area contributed by atoms with Crippen LogP contribution in [0.3, 0.4) is 0 Å². The minimum atomic E-state index is -0.457. The summed E-state index contributed by atoms with van der Waals surface area (Å²) in [6.07, 6.45) is 0. The molecule has 0 saturated carbocycles. The summed E-state index contributed by atoms with van der Waals surface area (Å²) in [5.74, 6) is 0.146. The molecule has 2 N–H and O–H groups in total. The van der Waals surface area contributed by atoms with E-state index in [2.05, 4.69) is 15.0 Å². The number of ether oxygens (including phenoxy) is 1. The van der Waals surface area contributed by atoms with Gasteiger partial charge in [-0.3, -0.25) is 0 Å². The molecule has 0 aliphatic carbocycles. The molecule has 0 spiro atoms. The van der Waals surface area contributed by atoms with Crippen LogP contribution in [0.15, 0.2) is 18.2 Å². The summed E-state index contributed by atoms with van der Waals surface area (Å²) in [5.41, 5.74) is 5.55. The fraction of sp³-hybridized carbons (Fsp3) is 0.182. The lowest BCUT2D eigenvalue weighted by Crippen LogP contribution is -2.15. The topological polar surface area (TPSA) is 77.2 Å². The van der Waals surface area contributed by atoms with Crippen LogP contribution in [0.1, 0.15) is 0 Å². The molecule has 1 aromatic heterocycles. The van der Waals surface area contributed by atoms with Crippen LogP contribution >= 0.6 is 11.6 Å². The quantitative estimate of drug-likeness (QED) is 0.929. The lowest BCUT2D eigenvalue weighted by Gasteiger charge is -2.12. The minimum Gasteiger partial charge on any atom is -0.423 e. The van der Waals surface area contributed by atoms with Crippen molar-refractivity contribution in [2.24, 2.45) is 0 Å². The molecule has 0 fully saturated rings. The number of hydrogen-bond donors (Lipinski definition) is 1. The zero-order valence-corrected chi connectivity index (χ0v) is 11.0. The average molecular weight is 284 g/mol. The highest BCUT2D eigenvalue weighted by Gasteiger charge is 2.10. The lowest BCUT2D eigenvalue weighted by molar-refractivity contribution is 0.439. The summed E-state index contributed by atoms with van der Waals surface area (Å²) >= 11 is 5.84. The SMILES string of the molecule is CN(C)c1nc(N)nc(Oc2ccc(F)cc2Cl)n1. The van der Waals surface area contributed by atoms with Crippen molar-refractivity contribution < 1.29 is 9.13 Å². The van der Waals surface area contributed by atoms with E-state index in [4.69, 9.17) is 22.1 Å². The van der Waals surface area contributed by atoms with E-state index in [0.717, 1.165) is 6.07 Å². The van der Waals surface area contributed by atoms with Crippen LogP contribution in [-0.4, -0.2) is 29.0 Å². The summed E-state index contributed by atoms with van der Waals surface area (Å²) in [7, 11) is 3.51. The zero-order chi connectivity index (χ0) is 14.0. The van der Waals surface area contributed by atoms with Gasteiger partial charge in [0, 0.05) is 14.1 Å². The summed E-state index contributed by atoms with van der Waals surface area (Å²) in [6.45, 7) is 0. The molecule has 0 atom stereocenters. The van der Waals surface area contributed by atoms with Gasteiger partial charge in [0.1, 0.15) is 11.6 Å². The Morgan fingerprint density at radius 1 is 1.26 bits per heavy atom. The monoisotopic (exact) mass is 283 g/mol. The van der Waals surface area contributed by atoms with Crippen molar-refractivity contribution in [1.29, 1.82) is 0 Å². The second-order valence-corrected chi connectivity index (χ2v) is 4.25. The second kappa shape index (κ2) is 5.23. The molecule has 0 aliphatic heterocycles. The Balaban J connectivity index is 2.32. The highest BCUT2D eigenvalue weighted by molar-refractivity contribution is 6.32. The van der Waals surface area contributed by atoms with Crippen molar-refractivity contribution in [2.45, 2.75) is 0 Å². The van der Waals surface area contributed by atoms with Crippen molar-refractivity contribution in [1.82, 2.24) is 15.0 Å². The third kappa shape index (κ3) is 3.19. The van der Waals surface area contributed by atoms with Crippen LogP contribution in [0.25, 0.3) is 0 Å². The highest BCUT2D eigenvalue weighted by atomic mass is 35.5. The van der Waals surface area contributed by atoms with Crippen LogP contribution in [0.4, 0.5) is 16.3 Å². The van der Waals surface area contributed by atoms with E-state index in [-0.39, 0.29) is 22.7 Å². The number of nitrogens with two attached hydrogens (primary N) is 1. The number of hydrogen-bond acceptors (Lipinski definition) is 6. The smallest absolute Gasteiger partial charge is 0.328 e. The predicted octanol–water partition coefficient (Wildman–Crippen LogP) is 2.10. The maximum Gasteiger partial charge on any atom is 0.328 e. The standard InChI is InChI=1S/C11H11ClFN5O/c1-18(2)10-15-9(14)16-11(17-10)19-8-4-3-6(13)5-7(8)12/h3-5H,1-2H3,(H2,14,15,16,17). The van der Waals surface area contributed by atoms with Crippen LogP contribution in [-0.2, 0) is 0 Å². The Bertz CT molecular complexity index is 608. The molecule has 2 rings (SSSR count). The Hall–Kier alpha value is -2.15. The first-order chi connectivity index (χ1) is 8.95. The Morgan fingerprint density at radius 3 is 2.63 bits per heavy atom. The first-order valence-corrected chi connectivity index (χ1v) is 5.65. The van der Waals surface area contributed by atoms with E-state index in [0.29, 0.717) is 5.95 Å². The fourth-order valence-electron chi connectivity index (χ4n) is 1.26. The maximum atomic E-state index is 12.9. The van der Waals surface area contributed by atoms with Crippen molar-refractivity contribution in [3.63, 3.8) is 0 Å². The number of nitrogens with zero attached hydrogens (tertiary/aromatic N) is 4. The van der Waals surface area contributed by atoms with Gasteiger partial charge in [0.15, 0.2) is 0 Å². The van der Waals surface area contributed by atoms with E-state index in [1.165, 1.54) is 12.1 Å². The fourth-order valence-corrected chi connectivity index (χ4v) is 1.47. The first kappa shape index (κ1) is 13.3. The van der Waals surface area contributed by atoms with Crippen molar-refractivity contribution in [3.05, 3.63) is 29.0 Å². The zero-order valence-electron chi connectivity index (χ0n) is 10.3. The average Bonchev–Trinajstić information content (AvgIpc) is 2.32. The molecule has 0 saturated heterocycles. The molecule has 0 bridgehead atoms. The normalized spacial score (nSPS) is 10.3. The largest absolute Gasteiger partial charge is 0.423 e. The van der Waals surface area contributed by atoms with Crippen molar-refractivity contribution in [2.75, 3.05) is 24.7 Å². The Morgan fingerprint density at radius 2 is 2.00 bits per heavy atom. The molecule has 2 aromatic rings. The van der Waals surface area contributed by atoms with E-state index < -0.39 is 5.82 Å². The van der Waals surface area contributed by atoms with Gasteiger partial charge in [-0.2, -0.15) is 15.0 Å². The van der Waals surface area contributed by atoms with E-state index >= 15 is 0 Å². The third-order valence-electron chi connectivity index (χ3n) is 2.12. The van der Waals surface area contributed by atoms with Gasteiger partial charge in [-0.15, -0.1) is 0 Å². The number of nitrogen functional groups attached to an aromatic ring is 1. The van der Waals surface area contributed by atoms with Gasteiger partial charge in [-0.25, -0.2) is 4.39 Å². The van der Waals surface area contributed by atoms with Gasteiger partial charge in [-0.05, 0) is 18.2 Å². The number of aromatic nitrogens is 3. The van der Waals surface area contributed by atoms with E-state index in [9.17, 15) is 4.39 Å². The van der Waals surface area contributed by atoms with Crippen LogP contribution in [0.5, 0.6) is 11.8 Å². The van der Waals surface area contributed by atoms with Gasteiger partial charge < -0.3 is 15.4 Å². The summed E-state index contributed by atoms with van der Waals surface area (Å²) < 4.78 is 18.3. The number of benzene rings is 1. The third-order valence-corrected chi connectivity index (χ3v) is 2.41. The lowest BCUT2D eigenvalue weighted by atomic mass is 10.3. The number of anilines is 2. The summed E-state index contributed by atoms with van der Waals surface area (Å²) in [5, 5.41) is 0.116. The molecule has 0 aliphatic rings.